The van der Waals surface area contributed by atoms with Crippen molar-refractivity contribution >= 4 is 11.9 Å². The maximum absolute atomic E-state index is 9.77. The zero-order chi connectivity index (χ0) is 21.8. The smallest absolute Gasteiger partial charge is 0.335 e. The monoisotopic (exact) mass is 432 g/mol. The second-order valence-corrected chi connectivity index (χ2v) is 7.43. The van der Waals surface area contributed by atoms with E-state index in [9.17, 15) is 9.59 Å². The van der Waals surface area contributed by atoms with Gasteiger partial charge in [-0.05, 0) is 77.2 Å². The molecule has 0 radical (unpaired) electrons. The molecule has 0 bridgehead atoms. The van der Waals surface area contributed by atoms with Crippen LogP contribution in [0.15, 0.2) is 0 Å². The lowest BCUT2D eigenvalue weighted by Crippen LogP contribution is -2.40. The molecule has 1 saturated heterocycles. The number of aryl methyl sites for hydroxylation is 2. The van der Waals surface area contributed by atoms with Crippen LogP contribution < -0.4 is 0 Å². The number of aromatic nitrogens is 1. The van der Waals surface area contributed by atoms with E-state index < -0.39 is 24.1 Å². The number of hydrogen-bond acceptors (Lipinski definition) is 6. The van der Waals surface area contributed by atoms with Crippen molar-refractivity contribution in [2.24, 2.45) is 0 Å². The lowest BCUT2D eigenvalue weighted by atomic mass is 9.83. The van der Waals surface area contributed by atoms with Gasteiger partial charge in [0.15, 0.2) is 12.2 Å². The molecule has 174 valence electrons. The van der Waals surface area contributed by atoms with Gasteiger partial charge in [-0.25, -0.2) is 9.59 Å². The topological polar surface area (TPSA) is 194 Å². The van der Waals surface area contributed by atoms with Crippen molar-refractivity contribution < 1.29 is 41.0 Å². The minimum atomic E-state index is -2.27. The molecule has 1 fully saturated rings. The Hall–Kier alpha value is -2.11. The van der Waals surface area contributed by atoms with Gasteiger partial charge >= 0.3 is 11.9 Å². The van der Waals surface area contributed by atoms with Crippen LogP contribution in [-0.4, -0.2) is 78.5 Å². The first-order valence-corrected chi connectivity index (χ1v) is 9.40. The Bertz CT molecular complexity index is 722. The Morgan fingerprint density at radius 1 is 1.00 bits per heavy atom. The molecule has 1 aromatic heterocycles. The average Bonchev–Trinajstić information content (AvgIpc) is 2.99. The first kappa shape index (κ1) is 30.1. The van der Waals surface area contributed by atoms with Crippen LogP contribution in [0.1, 0.15) is 54.8 Å². The quantitative estimate of drug-likeness (QED) is 0.494. The van der Waals surface area contributed by atoms with Crippen LogP contribution >= 0.6 is 0 Å². The number of carboxylic acid groups (broad SMARTS) is 2. The SMILES string of the molecule is CCN1CCCC1(C)c1c(C)nc(C)c(C)c1C.O.O.O=C(O)C(O)C(O)C(=O)O. The van der Waals surface area contributed by atoms with Gasteiger partial charge in [-0.1, -0.05) is 6.92 Å². The summed E-state index contributed by atoms with van der Waals surface area (Å²) in [5.41, 5.74) is 6.87. The van der Waals surface area contributed by atoms with Crippen LogP contribution in [-0.2, 0) is 15.1 Å². The summed E-state index contributed by atoms with van der Waals surface area (Å²) in [6.45, 7) is 15.8. The predicted octanol–water partition coefficient (Wildman–Crippen LogP) is -0.126. The van der Waals surface area contributed by atoms with E-state index in [4.69, 9.17) is 25.4 Å². The molecule has 1 aliphatic rings. The van der Waals surface area contributed by atoms with E-state index in [-0.39, 0.29) is 16.5 Å². The number of nitrogens with zero attached hydrogens (tertiary/aromatic N) is 2. The fourth-order valence-corrected chi connectivity index (χ4v) is 3.99. The van der Waals surface area contributed by atoms with E-state index in [1.54, 1.807) is 0 Å². The minimum absolute atomic E-state index is 0. The number of likely N-dealkylation sites (tertiary alicyclic amines) is 1. The van der Waals surface area contributed by atoms with Crippen molar-refractivity contribution in [1.82, 2.24) is 9.88 Å². The summed E-state index contributed by atoms with van der Waals surface area (Å²) in [6, 6.07) is 0. The third kappa shape index (κ3) is 6.19. The predicted molar refractivity (Wildman–Crippen MR) is 112 cm³/mol. The minimum Gasteiger partial charge on any atom is -0.479 e. The van der Waals surface area contributed by atoms with E-state index in [2.05, 4.69) is 46.4 Å². The lowest BCUT2D eigenvalue weighted by Gasteiger charge is -2.37. The molecular formula is C20H36N2O8. The number of aliphatic carboxylic acids is 2. The van der Waals surface area contributed by atoms with E-state index in [1.807, 2.05) is 0 Å². The number of pyridine rings is 1. The highest BCUT2D eigenvalue weighted by Gasteiger charge is 2.39. The maximum Gasteiger partial charge on any atom is 0.335 e. The van der Waals surface area contributed by atoms with Gasteiger partial charge in [-0.3, -0.25) is 9.88 Å². The van der Waals surface area contributed by atoms with Gasteiger partial charge in [0, 0.05) is 16.9 Å². The van der Waals surface area contributed by atoms with Crippen molar-refractivity contribution in [3.63, 3.8) is 0 Å². The highest BCUT2D eigenvalue weighted by molar-refractivity contribution is 5.83. The van der Waals surface area contributed by atoms with Crippen LogP contribution in [0.3, 0.4) is 0 Å². The van der Waals surface area contributed by atoms with Crippen molar-refractivity contribution in [3.8, 4) is 0 Å². The molecule has 3 unspecified atom stereocenters. The molecule has 30 heavy (non-hydrogen) atoms. The molecule has 3 atom stereocenters. The molecule has 0 spiro atoms. The molecule has 10 nitrogen and oxygen atoms in total. The molecule has 2 heterocycles. The Morgan fingerprint density at radius 2 is 1.47 bits per heavy atom. The van der Waals surface area contributed by atoms with Crippen LogP contribution in [0.5, 0.6) is 0 Å². The molecule has 2 rings (SSSR count). The average molecular weight is 433 g/mol. The number of carboxylic acids is 2. The maximum atomic E-state index is 9.77. The van der Waals surface area contributed by atoms with Crippen molar-refractivity contribution in [2.45, 2.75) is 72.1 Å². The Balaban J connectivity index is 0. The summed E-state index contributed by atoms with van der Waals surface area (Å²) in [6.07, 6.45) is -1.97. The van der Waals surface area contributed by atoms with Crippen molar-refractivity contribution in [1.29, 1.82) is 0 Å². The highest BCUT2D eigenvalue weighted by Crippen LogP contribution is 2.41. The van der Waals surface area contributed by atoms with Crippen molar-refractivity contribution in [2.75, 3.05) is 13.1 Å². The van der Waals surface area contributed by atoms with E-state index >= 15 is 0 Å². The summed E-state index contributed by atoms with van der Waals surface area (Å²) in [7, 11) is 0. The number of hydrogen-bond donors (Lipinski definition) is 4. The summed E-state index contributed by atoms with van der Waals surface area (Å²) in [5.74, 6) is -3.54. The van der Waals surface area contributed by atoms with Gasteiger partial charge in [-0.2, -0.15) is 0 Å². The third-order valence-electron chi connectivity index (χ3n) is 5.69. The van der Waals surface area contributed by atoms with Gasteiger partial charge in [0.2, 0.25) is 0 Å². The van der Waals surface area contributed by atoms with Crippen molar-refractivity contribution in [3.05, 3.63) is 28.1 Å². The second-order valence-electron chi connectivity index (χ2n) is 7.43. The lowest BCUT2D eigenvalue weighted by molar-refractivity contribution is -0.165. The van der Waals surface area contributed by atoms with Gasteiger partial charge in [0.1, 0.15) is 0 Å². The summed E-state index contributed by atoms with van der Waals surface area (Å²) in [5, 5.41) is 32.5. The molecule has 0 aliphatic carbocycles. The number of aliphatic hydroxyl groups is 2. The summed E-state index contributed by atoms with van der Waals surface area (Å²) >= 11 is 0. The largest absolute Gasteiger partial charge is 0.479 e. The Labute approximate surface area is 176 Å². The van der Waals surface area contributed by atoms with Crippen LogP contribution in [0.4, 0.5) is 0 Å². The van der Waals surface area contributed by atoms with Crippen LogP contribution in [0.25, 0.3) is 0 Å². The van der Waals surface area contributed by atoms with Gasteiger partial charge in [-0.15, -0.1) is 0 Å². The first-order chi connectivity index (χ1) is 12.9. The molecule has 1 aliphatic heterocycles. The van der Waals surface area contributed by atoms with Crippen LogP contribution in [0.2, 0.25) is 0 Å². The second kappa shape index (κ2) is 11.9. The fourth-order valence-electron chi connectivity index (χ4n) is 3.99. The molecular weight excluding hydrogens is 396 g/mol. The molecule has 0 saturated carbocycles. The van der Waals surface area contributed by atoms with E-state index in [1.165, 1.54) is 47.5 Å². The standard InChI is InChI=1S/C16H26N2.C4H6O6.2H2O/c1-7-18-10-8-9-16(18,6)15-12(3)11(2)13(4)17-14(15)5;5-1(3(7)8)2(6)4(9)10;;/h7-10H2,1-6H3;1-2,5-6H,(H,7,8)(H,9,10);2*1H2. The molecule has 10 heteroatoms. The molecule has 8 N–H and O–H groups in total. The zero-order valence-electron chi connectivity index (χ0n) is 18.5. The fraction of sp³-hybridized carbons (Fsp3) is 0.650. The highest BCUT2D eigenvalue weighted by atomic mass is 16.4. The van der Waals surface area contributed by atoms with Crippen LogP contribution in [0, 0.1) is 27.7 Å². The first-order valence-electron chi connectivity index (χ1n) is 9.40. The third-order valence-corrected chi connectivity index (χ3v) is 5.69. The Morgan fingerprint density at radius 3 is 1.87 bits per heavy atom. The van der Waals surface area contributed by atoms with Gasteiger partial charge in [0.05, 0.1) is 0 Å². The Kier molecular flexibility index (Phi) is 12.0. The summed E-state index contributed by atoms with van der Waals surface area (Å²) < 4.78 is 0. The van der Waals surface area contributed by atoms with Gasteiger partial charge in [0.25, 0.3) is 0 Å². The summed E-state index contributed by atoms with van der Waals surface area (Å²) in [4.78, 5) is 26.9. The van der Waals surface area contributed by atoms with E-state index in [0.29, 0.717) is 0 Å². The molecule has 1 aromatic rings. The molecule has 0 aromatic carbocycles. The number of rotatable bonds is 5. The zero-order valence-corrected chi connectivity index (χ0v) is 18.5. The van der Waals surface area contributed by atoms with E-state index in [0.717, 1.165) is 6.54 Å². The van der Waals surface area contributed by atoms with Gasteiger partial charge < -0.3 is 31.4 Å². The number of carbonyl (C=O) groups is 2. The number of aliphatic hydroxyl groups excluding tert-OH is 2. The molecule has 0 amide bonds. The normalized spacial score (nSPS) is 20.1.